The zero-order valence-corrected chi connectivity index (χ0v) is 5.70. The van der Waals surface area contributed by atoms with E-state index in [-0.39, 0.29) is 13.0 Å². The Labute approximate surface area is 62.8 Å². The van der Waals surface area contributed by atoms with Crippen LogP contribution in [0.5, 0.6) is 0 Å². The maximum absolute atomic E-state index is 12.5. The Balaban J connectivity index is 2.67. The number of rotatable bonds is 0. The number of carboxylic acid groups (broad SMARTS) is 1. The van der Waals surface area contributed by atoms with E-state index in [1.807, 2.05) is 0 Å². The van der Waals surface area contributed by atoms with Crippen molar-refractivity contribution in [2.24, 2.45) is 0 Å². The molecular formula is C6H7FN2O2. The van der Waals surface area contributed by atoms with E-state index < -0.39 is 18.3 Å². The Morgan fingerprint density at radius 2 is 2.45 bits per heavy atom. The van der Waals surface area contributed by atoms with E-state index in [1.54, 1.807) is 6.07 Å². The van der Waals surface area contributed by atoms with E-state index in [9.17, 15) is 9.18 Å². The highest BCUT2D eigenvalue weighted by atomic mass is 19.1. The van der Waals surface area contributed by atoms with Gasteiger partial charge in [-0.3, -0.25) is 4.90 Å². The second-order valence-corrected chi connectivity index (χ2v) is 2.41. The fourth-order valence-electron chi connectivity index (χ4n) is 1.12. The lowest BCUT2D eigenvalue weighted by Gasteiger charge is -2.13. The van der Waals surface area contributed by atoms with Crippen LogP contribution in [0.15, 0.2) is 0 Å². The summed E-state index contributed by atoms with van der Waals surface area (Å²) in [6.07, 6.45) is -2.41. The fourth-order valence-corrected chi connectivity index (χ4v) is 1.12. The van der Waals surface area contributed by atoms with Gasteiger partial charge < -0.3 is 5.11 Å². The highest BCUT2D eigenvalue weighted by Crippen LogP contribution is 2.19. The first-order valence-corrected chi connectivity index (χ1v) is 3.18. The molecule has 5 heteroatoms. The lowest BCUT2D eigenvalue weighted by Crippen LogP contribution is -2.33. The molecule has 60 valence electrons. The SMILES string of the molecule is N#C[C@@H]1C[C@@H](F)CN1C(=O)O. The molecule has 4 nitrogen and oxygen atoms in total. The number of hydrogen-bond donors (Lipinski definition) is 1. The smallest absolute Gasteiger partial charge is 0.408 e. The summed E-state index contributed by atoms with van der Waals surface area (Å²) in [6.45, 7) is -0.173. The van der Waals surface area contributed by atoms with Gasteiger partial charge in [0.15, 0.2) is 0 Å². The van der Waals surface area contributed by atoms with Crippen molar-refractivity contribution >= 4 is 6.09 Å². The minimum absolute atomic E-state index is 0.00278. The van der Waals surface area contributed by atoms with Crippen molar-refractivity contribution in [1.29, 1.82) is 5.26 Å². The molecule has 0 unspecified atom stereocenters. The molecule has 1 N–H and O–H groups in total. The minimum Gasteiger partial charge on any atom is -0.465 e. The van der Waals surface area contributed by atoms with Gasteiger partial charge in [0.2, 0.25) is 0 Å². The third-order valence-corrected chi connectivity index (χ3v) is 1.64. The van der Waals surface area contributed by atoms with Gasteiger partial charge in [-0.15, -0.1) is 0 Å². The summed E-state index contributed by atoms with van der Waals surface area (Å²) in [6, 6.07) is 0.928. The van der Waals surface area contributed by atoms with Crippen LogP contribution in [-0.2, 0) is 0 Å². The summed E-state index contributed by atoms with van der Waals surface area (Å²) >= 11 is 0. The molecule has 1 aliphatic heterocycles. The van der Waals surface area contributed by atoms with Crippen LogP contribution in [0.4, 0.5) is 9.18 Å². The highest BCUT2D eigenvalue weighted by Gasteiger charge is 2.35. The van der Waals surface area contributed by atoms with Crippen molar-refractivity contribution in [2.45, 2.75) is 18.6 Å². The normalized spacial score (nSPS) is 30.0. The average Bonchev–Trinajstić information content (AvgIpc) is 2.30. The van der Waals surface area contributed by atoms with Crippen LogP contribution in [0.2, 0.25) is 0 Å². The lowest BCUT2D eigenvalue weighted by atomic mass is 10.2. The van der Waals surface area contributed by atoms with Crippen LogP contribution < -0.4 is 0 Å². The summed E-state index contributed by atoms with van der Waals surface area (Å²) in [5.41, 5.74) is 0. The minimum atomic E-state index is -1.23. The molecular weight excluding hydrogens is 151 g/mol. The number of alkyl halides is 1. The van der Waals surface area contributed by atoms with Gasteiger partial charge in [0.25, 0.3) is 0 Å². The number of halogens is 1. The zero-order valence-electron chi connectivity index (χ0n) is 5.70. The van der Waals surface area contributed by atoms with Crippen LogP contribution in [0.3, 0.4) is 0 Å². The Hall–Kier alpha value is -1.31. The van der Waals surface area contributed by atoms with E-state index in [0.29, 0.717) is 0 Å². The molecule has 0 saturated carbocycles. The van der Waals surface area contributed by atoms with Crippen LogP contribution in [-0.4, -0.2) is 34.9 Å². The number of carbonyl (C=O) groups is 1. The predicted octanol–water partition coefficient (Wildman–Crippen LogP) is 0.600. The topological polar surface area (TPSA) is 64.3 Å². The molecule has 1 rings (SSSR count). The van der Waals surface area contributed by atoms with Crippen molar-refractivity contribution in [2.75, 3.05) is 6.54 Å². The molecule has 0 bridgehead atoms. The maximum Gasteiger partial charge on any atom is 0.408 e. The second-order valence-electron chi connectivity index (χ2n) is 2.41. The molecule has 1 saturated heterocycles. The molecule has 0 aromatic heterocycles. The second kappa shape index (κ2) is 2.74. The molecule has 0 aromatic rings. The molecule has 1 heterocycles. The number of nitrogens with zero attached hydrogens (tertiary/aromatic N) is 2. The Bertz CT molecular complexity index is 213. The summed E-state index contributed by atoms with van der Waals surface area (Å²) < 4.78 is 12.5. The van der Waals surface area contributed by atoms with Gasteiger partial charge >= 0.3 is 6.09 Å². The molecule has 2 atom stereocenters. The van der Waals surface area contributed by atoms with Crippen molar-refractivity contribution in [3.63, 3.8) is 0 Å². The molecule has 1 amide bonds. The van der Waals surface area contributed by atoms with Crippen molar-refractivity contribution in [3.8, 4) is 6.07 Å². The van der Waals surface area contributed by atoms with Crippen LogP contribution >= 0.6 is 0 Å². The quantitative estimate of drug-likeness (QED) is 0.561. The summed E-state index contributed by atoms with van der Waals surface area (Å²) in [7, 11) is 0. The predicted molar refractivity (Wildman–Crippen MR) is 33.6 cm³/mol. The summed E-state index contributed by atoms with van der Waals surface area (Å²) in [5, 5.41) is 16.8. The Morgan fingerprint density at radius 3 is 2.82 bits per heavy atom. The van der Waals surface area contributed by atoms with Crippen molar-refractivity contribution < 1.29 is 14.3 Å². The average molecular weight is 158 g/mol. The Morgan fingerprint density at radius 1 is 1.82 bits per heavy atom. The maximum atomic E-state index is 12.5. The Kier molecular flexibility index (Phi) is 1.94. The molecule has 0 aliphatic carbocycles. The van der Waals surface area contributed by atoms with E-state index in [2.05, 4.69) is 0 Å². The molecule has 1 aliphatic rings. The number of likely N-dealkylation sites (tertiary alicyclic amines) is 1. The van der Waals surface area contributed by atoms with E-state index in [1.165, 1.54) is 0 Å². The number of amides is 1. The van der Waals surface area contributed by atoms with Gasteiger partial charge in [0, 0.05) is 6.42 Å². The molecule has 0 spiro atoms. The first-order chi connectivity index (χ1) is 5.15. The third kappa shape index (κ3) is 1.40. The number of hydrogen-bond acceptors (Lipinski definition) is 2. The van der Waals surface area contributed by atoms with Crippen molar-refractivity contribution in [1.82, 2.24) is 4.90 Å². The van der Waals surface area contributed by atoms with Crippen LogP contribution in [0.1, 0.15) is 6.42 Å². The van der Waals surface area contributed by atoms with Crippen molar-refractivity contribution in [3.05, 3.63) is 0 Å². The zero-order chi connectivity index (χ0) is 8.43. The molecule has 0 radical (unpaired) electrons. The van der Waals surface area contributed by atoms with Crippen LogP contribution in [0.25, 0.3) is 0 Å². The van der Waals surface area contributed by atoms with Gasteiger partial charge in [0.1, 0.15) is 12.2 Å². The first-order valence-electron chi connectivity index (χ1n) is 3.18. The van der Waals surface area contributed by atoms with Gasteiger partial charge in [-0.25, -0.2) is 9.18 Å². The molecule has 11 heavy (non-hydrogen) atoms. The van der Waals surface area contributed by atoms with E-state index >= 15 is 0 Å². The lowest BCUT2D eigenvalue weighted by molar-refractivity contribution is 0.145. The fraction of sp³-hybridized carbons (Fsp3) is 0.667. The van der Waals surface area contributed by atoms with Gasteiger partial charge in [-0.05, 0) is 0 Å². The van der Waals surface area contributed by atoms with Gasteiger partial charge in [-0.2, -0.15) is 5.26 Å². The third-order valence-electron chi connectivity index (χ3n) is 1.64. The molecule has 1 fully saturated rings. The first kappa shape index (κ1) is 7.79. The largest absolute Gasteiger partial charge is 0.465 e. The van der Waals surface area contributed by atoms with Crippen LogP contribution in [0, 0.1) is 11.3 Å². The highest BCUT2D eigenvalue weighted by molar-refractivity contribution is 5.66. The van der Waals surface area contributed by atoms with E-state index in [0.717, 1.165) is 4.90 Å². The summed E-state index contributed by atoms with van der Waals surface area (Å²) in [5.74, 6) is 0. The van der Waals surface area contributed by atoms with E-state index in [4.69, 9.17) is 10.4 Å². The number of nitriles is 1. The summed E-state index contributed by atoms with van der Waals surface area (Å²) in [4.78, 5) is 11.1. The van der Waals surface area contributed by atoms with Gasteiger partial charge in [0.05, 0.1) is 12.6 Å². The standard InChI is InChI=1S/C6H7FN2O2/c7-4-1-5(2-8)9(3-4)6(10)11/h4-5H,1,3H2,(H,10,11)/t4-,5+/m1/s1. The molecule has 0 aromatic carbocycles. The monoisotopic (exact) mass is 158 g/mol. The van der Waals surface area contributed by atoms with Gasteiger partial charge in [-0.1, -0.05) is 0 Å².